The number of sulfonamides is 1. The number of nitrogens with one attached hydrogen (secondary N) is 1. The van der Waals surface area contributed by atoms with Gasteiger partial charge in [0.2, 0.25) is 0 Å². The van der Waals surface area contributed by atoms with Gasteiger partial charge in [0, 0.05) is 12.6 Å². The summed E-state index contributed by atoms with van der Waals surface area (Å²) >= 11 is 0. The number of nitrogens with zero attached hydrogens (tertiary/aromatic N) is 1. The van der Waals surface area contributed by atoms with Crippen molar-refractivity contribution in [2.75, 3.05) is 0 Å². The van der Waals surface area contributed by atoms with Gasteiger partial charge in [-0.3, -0.25) is 0 Å². The minimum atomic E-state index is -3.66. The van der Waals surface area contributed by atoms with E-state index in [1.165, 1.54) is 0 Å². The van der Waals surface area contributed by atoms with Crippen molar-refractivity contribution in [1.82, 2.24) is 9.84 Å². The average molecular weight is 366 g/mol. The minimum absolute atomic E-state index is 0.130. The number of rotatable bonds is 7. The Kier molecular flexibility index (Phi) is 5.83. The van der Waals surface area contributed by atoms with Gasteiger partial charge < -0.3 is 0 Å². The van der Waals surface area contributed by atoms with Crippen LogP contribution in [0.4, 0.5) is 0 Å². The molecule has 4 nitrogen and oxygen atoms in total. The van der Waals surface area contributed by atoms with E-state index in [9.17, 15) is 8.42 Å². The molecule has 0 unspecified atom stereocenters. The summed E-state index contributed by atoms with van der Waals surface area (Å²) in [6.07, 6.45) is 0. The van der Waals surface area contributed by atoms with Crippen molar-refractivity contribution in [1.29, 1.82) is 0 Å². The Morgan fingerprint density at radius 3 is 1.88 bits per heavy atom. The standard InChI is InChI=1S/C21H22N2O2S/c1-18(20-13-7-3-8-14-20)23(17-19-11-5-2-6-12-19)22-26(24,25)21-15-9-4-10-16-21/h2-16,18,22H,17H2,1H3/t18-/m0/s1. The molecule has 3 aromatic rings. The number of hydrazine groups is 1. The van der Waals surface area contributed by atoms with Gasteiger partial charge in [0.05, 0.1) is 4.90 Å². The molecular formula is C21H22N2O2S. The van der Waals surface area contributed by atoms with E-state index in [0.29, 0.717) is 6.54 Å². The van der Waals surface area contributed by atoms with Gasteiger partial charge in [0.25, 0.3) is 10.0 Å². The molecule has 0 aliphatic rings. The van der Waals surface area contributed by atoms with Crippen LogP contribution in [0.1, 0.15) is 24.1 Å². The maximum atomic E-state index is 12.8. The monoisotopic (exact) mass is 366 g/mol. The molecule has 26 heavy (non-hydrogen) atoms. The summed E-state index contributed by atoms with van der Waals surface area (Å²) in [7, 11) is -3.66. The molecule has 3 aromatic carbocycles. The second kappa shape index (κ2) is 8.27. The first-order valence-electron chi connectivity index (χ1n) is 8.49. The second-order valence-electron chi connectivity index (χ2n) is 6.11. The van der Waals surface area contributed by atoms with Gasteiger partial charge in [-0.25, -0.2) is 13.4 Å². The highest BCUT2D eigenvalue weighted by atomic mass is 32.2. The van der Waals surface area contributed by atoms with Gasteiger partial charge >= 0.3 is 0 Å². The van der Waals surface area contributed by atoms with Crippen LogP contribution in [0.5, 0.6) is 0 Å². The molecule has 1 N–H and O–H groups in total. The first-order chi connectivity index (χ1) is 12.6. The third-order valence-corrected chi connectivity index (χ3v) is 5.60. The maximum Gasteiger partial charge on any atom is 0.253 e. The van der Waals surface area contributed by atoms with Crippen molar-refractivity contribution in [3.05, 3.63) is 102 Å². The molecule has 3 rings (SSSR count). The predicted molar refractivity (Wildman–Crippen MR) is 104 cm³/mol. The van der Waals surface area contributed by atoms with Crippen LogP contribution in [0.25, 0.3) is 0 Å². The van der Waals surface area contributed by atoms with Crippen LogP contribution in [0, 0.1) is 0 Å². The van der Waals surface area contributed by atoms with Crippen molar-refractivity contribution in [3.8, 4) is 0 Å². The van der Waals surface area contributed by atoms with Gasteiger partial charge in [0.15, 0.2) is 0 Å². The molecule has 0 amide bonds. The minimum Gasteiger partial charge on any atom is -0.219 e. The summed E-state index contributed by atoms with van der Waals surface area (Å²) in [5, 5.41) is 1.76. The molecule has 0 radical (unpaired) electrons. The normalized spacial score (nSPS) is 12.8. The largest absolute Gasteiger partial charge is 0.253 e. The van der Waals surface area contributed by atoms with Gasteiger partial charge in [-0.2, -0.15) is 0 Å². The molecule has 0 bridgehead atoms. The summed E-state index contributed by atoms with van der Waals surface area (Å²) in [4.78, 5) is 3.01. The maximum absolute atomic E-state index is 12.8. The number of hydrogen-bond donors (Lipinski definition) is 1. The van der Waals surface area contributed by atoms with Crippen LogP contribution in [0.2, 0.25) is 0 Å². The summed E-state index contributed by atoms with van der Waals surface area (Å²) < 4.78 is 25.6. The van der Waals surface area contributed by atoms with Gasteiger partial charge in [-0.15, -0.1) is 4.83 Å². The first-order valence-corrected chi connectivity index (χ1v) is 9.97. The fourth-order valence-electron chi connectivity index (χ4n) is 2.75. The van der Waals surface area contributed by atoms with Gasteiger partial charge in [0.1, 0.15) is 0 Å². The summed E-state index contributed by atoms with van der Waals surface area (Å²) in [6, 6.07) is 28.0. The van der Waals surface area contributed by atoms with Crippen LogP contribution in [-0.4, -0.2) is 13.4 Å². The zero-order valence-electron chi connectivity index (χ0n) is 14.6. The van der Waals surface area contributed by atoms with Gasteiger partial charge in [-0.1, -0.05) is 78.9 Å². The summed E-state index contributed by atoms with van der Waals surface area (Å²) in [5.41, 5.74) is 2.07. The Balaban J connectivity index is 1.90. The molecule has 0 fully saturated rings. The zero-order valence-corrected chi connectivity index (χ0v) is 15.4. The van der Waals surface area contributed by atoms with Crippen molar-refractivity contribution in [3.63, 3.8) is 0 Å². The van der Waals surface area contributed by atoms with E-state index >= 15 is 0 Å². The molecule has 0 spiro atoms. The number of hydrogen-bond acceptors (Lipinski definition) is 3. The fraction of sp³-hybridized carbons (Fsp3) is 0.143. The zero-order chi connectivity index (χ0) is 18.4. The summed E-state index contributed by atoms with van der Waals surface area (Å²) in [5.74, 6) is 0. The van der Waals surface area contributed by atoms with E-state index in [-0.39, 0.29) is 10.9 Å². The first kappa shape index (κ1) is 18.3. The Labute approximate surface area is 155 Å². The quantitative estimate of drug-likeness (QED) is 0.639. The smallest absolute Gasteiger partial charge is 0.219 e. The van der Waals surface area contributed by atoms with E-state index in [0.717, 1.165) is 11.1 Å². The molecule has 5 heteroatoms. The molecule has 0 aliphatic heterocycles. The topological polar surface area (TPSA) is 49.4 Å². The highest BCUT2D eigenvalue weighted by Crippen LogP contribution is 2.22. The lowest BCUT2D eigenvalue weighted by Crippen LogP contribution is -2.43. The Bertz CT molecular complexity index is 914. The lowest BCUT2D eigenvalue weighted by atomic mass is 10.1. The van der Waals surface area contributed by atoms with Crippen LogP contribution in [-0.2, 0) is 16.6 Å². The lowest BCUT2D eigenvalue weighted by Gasteiger charge is -2.29. The molecule has 0 aromatic heterocycles. The van der Waals surface area contributed by atoms with E-state index in [1.54, 1.807) is 35.3 Å². The Hall–Kier alpha value is -2.47. The Morgan fingerprint density at radius 1 is 0.808 bits per heavy atom. The molecule has 0 saturated heterocycles. The van der Waals surface area contributed by atoms with Crippen LogP contribution in [0.3, 0.4) is 0 Å². The molecule has 0 saturated carbocycles. The molecule has 134 valence electrons. The van der Waals surface area contributed by atoms with Crippen molar-refractivity contribution < 1.29 is 8.42 Å². The highest BCUT2D eigenvalue weighted by molar-refractivity contribution is 7.89. The van der Waals surface area contributed by atoms with Crippen molar-refractivity contribution >= 4 is 10.0 Å². The molecular weight excluding hydrogens is 344 g/mol. The van der Waals surface area contributed by atoms with E-state index in [1.807, 2.05) is 67.6 Å². The third-order valence-electron chi connectivity index (χ3n) is 4.24. The van der Waals surface area contributed by atoms with E-state index < -0.39 is 10.0 Å². The molecule has 0 heterocycles. The predicted octanol–water partition coefficient (Wildman–Crippen LogP) is 4.14. The van der Waals surface area contributed by atoms with Crippen LogP contribution in [0.15, 0.2) is 95.9 Å². The fourth-order valence-corrected chi connectivity index (χ4v) is 3.90. The second-order valence-corrected chi connectivity index (χ2v) is 7.77. The average Bonchev–Trinajstić information content (AvgIpc) is 2.69. The van der Waals surface area contributed by atoms with Crippen molar-refractivity contribution in [2.24, 2.45) is 0 Å². The summed E-state index contributed by atoms with van der Waals surface area (Å²) in [6.45, 7) is 2.45. The van der Waals surface area contributed by atoms with E-state index in [4.69, 9.17) is 0 Å². The van der Waals surface area contributed by atoms with Crippen LogP contribution >= 0.6 is 0 Å². The highest BCUT2D eigenvalue weighted by Gasteiger charge is 2.23. The van der Waals surface area contributed by atoms with Gasteiger partial charge in [-0.05, 0) is 30.2 Å². The van der Waals surface area contributed by atoms with E-state index in [2.05, 4.69) is 4.83 Å². The van der Waals surface area contributed by atoms with Crippen LogP contribution < -0.4 is 4.83 Å². The lowest BCUT2D eigenvalue weighted by molar-refractivity contribution is 0.170. The number of benzene rings is 3. The molecule has 0 aliphatic carbocycles. The third kappa shape index (κ3) is 4.58. The molecule has 1 atom stereocenters. The van der Waals surface area contributed by atoms with Crippen molar-refractivity contribution in [2.45, 2.75) is 24.4 Å². The Morgan fingerprint density at radius 2 is 1.31 bits per heavy atom. The SMILES string of the molecule is C[C@@H](c1ccccc1)N(Cc1ccccc1)NS(=O)(=O)c1ccccc1.